The molecule has 0 fully saturated rings. The Balaban J connectivity index is 2.42. The number of ether oxygens (including phenoxy) is 1. The van der Waals surface area contributed by atoms with E-state index in [1.807, 2.05) is 37.3 Å². The summed E-state index contributed by atoms with van der Waals surface area (Å²) in [6, 6.07) is 9.43. The molecule has 0 saturated carbocycles. The van der Waals surface area contributed by atoms with Gasteiger partial charge in [0.1, 0.15) is 12.4 Å². The van der Waals surface area contributed by atoms with Crippen LogP contribution in [0.5, 0.6) is 5.75 Å². The van der Waals surface area contributed by atoms with Gasteiger partial charge in [0.05, 0.1) is 10.2 Å². The maximum absolute atomic E-state index is 6.11. The number of rotatable bonds is 4. The van der Waals surface area contributed by atoms with E-state index >= 15 is 0 Å². The van der Waals surface area contributed by atoms with Crippen LogP contribution in [0.3, 0.4) is 0 Å². The molecule has 0 spiro atoms. The largest absolute Gasteiger partial charge is 0.479 e. The fourth-order valence-corrected chi connectivity index (χ4v) is 3.36. The molecule has 0 N–H and O–H groups in total. The smallest absolute Gasteiger partial charge is 0.148 e. The van der Waals surface area contributed by atoms with E-state index in [4.69, 9.17) is 22.8 Å². The van der Waals surface area contributed by atoms with E-state index < -0.39 is 0 Å². The van der Waals surface area contributed by atoms with Gasteiger partial charge in [0, 0.05) is 21.3 Å². The Morgan fingerprint density at radius 2 is 2.14 bits per heavy atom. The van der Waals surface area contributed by atoms with E-state index in [-0.39, 0.29) is 6.61 Å². The molecule has 0 aliphatic heterocycles. The van der Waals surface area contributed by atoms with E-state index in [1.54, 1.807) is 6.21 Å². The minimum absolute atomic E-state index is 0.192. The molecule has 0 atom stereocenters. The summed E-state index contributed by atoms with van der Waals surface area (Å²) in [6.45, 7) is 2.12. The van der Waals surface area contributed by atoms with Crippen molar-refractivity contribution in [2.45, 2.75) is 6.92 Å². The third kappa shape index (κ3) is 4.13. The van der Waals surface area contributed by atoms with Gasteiger partial charge in [-0.25, -0.2) is 0 Å². The monoisotopic (exact) mass is 439 g/mol. The Labute approximate surface area is 151 Å². The van der Waals surface area contributed by atoms with Gasteiger partial charge in [0.25, 0.3) is 0 Å². The number of aliphatic imine (C=N–C) groups is 1. The zero-order chi connectivity index (χ0) is 16.1. The maximum atomic E-state index is 6.11. The lowest BCUT2D eigenvalue weighted by Crippen LogP contribution is -1.99. The van der Waals surface area contributed by atoms with E-state index in [0.29, 0.717) is 10.8 Å². The molecule has 0 radical (unpaired) electrons. The lowest BCUT2D eigenvalue weighted by Gasteiger charge is -2.10. The van der Waals surface area contributed by atoms with Crippen LogP contribution in [0.1, 0.15) is 11.1 Å². The summed E-state index contributed by atoms with van der Waals surface area (Å²) in [7, 11) is 0. The van der Waals surface area contributed by atoms with Crippen molar-refractivity contribution in [3.63, 3.8) is 0 Å². The third-order valence-corrected chi connectivity index (χ3v) is 4.38. The maximum Gasteiger partial charge on any atom is 0.148 e. The zero-order valence-electron chi connectivity index (χ0n) is 11.7. The van der Waals surface area contributed by atoms with Crippen molar-refractivity contribution in [1.29, 1.82) is 0 Å². The SMILES string of the molecule is C#CCOc1c(Br)cc(Br)cc1C=Nc1cccc(Cl)c1C. The van der Waals surface area contributed by atoms with Crippen molar-refractivity contribution >= 4 is 55.4 Å². The second kappa shape index (κ2) is 7.82. The van der Waals surface area contributed by atoms with Gasteiger partial charge in [-0.2, -0.15) is 0 Å². The van der Waals surface area contributed by atoms with Gasteiger partial charge in [-0.05, 0) is 52.7 Å². The Morgan fingerprint density at radius 1 is 1.36 bits per heavy atom. The number of hydrogen-bond donors (Lipinski definition) is 0. The van der Waals surface area contributed by atoms with Gasteiger partial charge in [-0.1, -0.05) is 39.5 Å². The molecule has 0 aliphatic rings. The highest BCUT2D eigenvalue weighted by Gasteiger charge is 2.09. The summed E-state index contributed by atoms with van der Waals surface area (Å²) in [5.41, 5.74) is 2.56. The summed E-state index contributed by atoms with van der Waals surface area (Å²) in [5.74, 6) is 3.12. The highest BCUT2D eigenvalue weighted by Crippen LogP contribution is 2.33. The predicted molar refractivity (Wildman–Crippen MR) is 99.6 cm³/mol. The first-order valence-corrected chi connectivity index (χ1v) is 8.34. The van der Waals surface area contributed by atoms with Crippen LogP contribution in [-0.2, 0) is 0 Å². The Hall–Kier alpha value is -1.28. The molecular weight excluding hydrogens is 429 g/mol. The minimum atomic E-state index is 0.192. The second-order valence-corrected chi connectivity index (χ2v) is 6.62. The first kappa shape index (κ1) is 17.1. The molecule has 2 rings (SSSR count). The van der Waals surface area contributed by atoms with E-state index in [1.165, 1.54) is 0 Å². The molecule has 112 valence electrons. The Bertz CT molecular complexity index is 766. The van der Waals surface area contributed by atoms with Crippen LogP contribution in [0.15, 0.2) is 44.3 Å². The lowest BCUT2D eigenvalue weighted by molar-refractivity contribution is 0.367. The topological polar surface area (TPSA) is 21.6 Å². The molecule has 0 unspecified atom stereocenters. The van der Waals surface area contributed by atoms with Crippen molar-refractivity contribution < 1.29 is 4.74 Å². The van der Waals surface area contributed by atoms with Crippen molar-refractivity contribution in [2.24, 2.45) is 4.99 Å². The molecule has 0 bridgehead atoms. The van der Waals surface area contributed by atoms with E-state index in [0.717, 1.165) is 25.8 Å². The van der Waals surface area contributed by atoms with Crippen LogP contribution in [0.2, 0.25) is 5.02 Å². The first-order valence-electron chi connectivity index (χ1n) is 6.37. The summed E-state index contributed by atoms with van der Waals surface area (Å²) in [4.78, 5) is 4.51. The molecular formula is C17H12Br2ClNO. The number of halogens is 3. The van der Waals surface area contributed by atoms with Gasteiger partial charge in [-0.15, -0.1) is 6.42 Å². The predicted octanol–water partition coefficient (Wildman–Crippen LogP) is 5.94. The van der Waals surface area contributed by atoms with Gasteiger partial charge in [-0.3, -0.25) is 4.99 Å². The van der Waals surface area contributed by atoms with Crippen LogP contribution in [-0.4, -0.2) is 12.8 Å². The number of terminal acetylenes is 1. The normalized spacial score (nSPS) is 10.7. The number of nitrogens with zero attached hydrogens (tertiary/aromatic N) is 1. The van der Waals surface area contributed by atoms with Gasteiger partial charge in [0.15, 0.2) is 0 Å². The zero-order valence-corrected chi connectivity index (χ0v) is 15.7. The van der Waals surface area contributed by atoms with Gasteiger partial charge >= 0.3 is 0 Å². The molecule has 0 amide bonds. The summed E-state index contributed by atoms with van der Waals surface area (Å²) in [5, 5.41) is 0.689. The van der Waals surface area contributed by atoms with Crippen LogP contribution in [0, 0.1) is 19.3 Å². The lowest BCUT2D eigenvalue weighted by atomic mass is 10.2. The Kier molecular flexibility index (Phi) is 6.07. The molecule has 2 aromatic carbocycles. The molecule has 22 heavy (non-hydrogen) atoms. The molecule has 0 heterocycles. The van der Waals surface area contributed by atoms with Crippen LogP contribution < -0.4 is 4.74 Å². The molecule has 0 aliphatic carbocycles. The first-order chi connectivity index (χ1) is 10.5. The number of hydrogen-bond acceptors (Lipinski definition) is 2. The van der Waals surface area contributed by atoms with Crippen molar-refractivity contribution in [1.82, 2.24) is 0 Å². The standard InChI is InChI=1S/C17H12Br2ClNO/c1-3-7-22-17-12(8-13(18)9-14(17)19)10-21-16-6-4-5-15(20)11(16)2/h1,4-6,8-10H,7H2,2H3. The van der Waals surface area contributed by atoms with Crippen LogP contribution >= 0.6 is 43.5 Å². The molecule has 0 saturated heterocycles. The average molecular weight is 442 g/mol. The van der Waals surface area contributed by atoms with Crippen molar-refractivity contribution in [3.8, 4) is 18.1 Å². The second-order valence-electron chi connectivity index (χ2n) is 4.44. The summed E-state index contributed by atoms with van der Waals surface area (Å²) < 4.78 is 7.31. The summed E-state index contributed by atoms with van der Waals surface area (Å²) in [6.07, 6.45) is 7.00. The molecule has 5 heteroatoms. The fourth-order valence-electron chi connectivity index (χ4n) is 1.82. The average Bonchev–Trinajstić information content (AvgIpc) is 2.47. The van der Waals surface area contributed by atoms with Crippen LogP contribution in [0.4, 0.5) is 5.69 Å². The highest BCUT2D eigenvalue weighted by molar-refractivity contribution is 9.11. The van der Waals surface area contributed by atoms with Crippen molar-refractivity contribution in [2.75, 3.05) is 6.61 Å². The van der Waals surface area contributed by atoms with E-state index in [2.05, 4.69) is 42.8 Å². The molecule has 2 nitrogen and oxygen atoms in total. The Morgan fingerprint density at radius 3 is 2.86 bits per heavy atom. The van der Waals surface area contributed by atoms with Gasteiger partial charge in [0.2, 0.25) is 0 Å². The molecule has 0 aromatic heterocycles. The third-order valence-electron chi connectivity index (χ3n) is 2.92. The molecule has 2 aromatic rings. The van der Waals surface area contributed by atoms with E-state index in [9.17, 15) is 0 Å². The summed E-state index contributed by atoms with van der Waals surface area (Å²) >= 11 is 13.0. The minimum Gasteiger partial charge on any atom is -0.479 e. The van der Waals surface area contributed by atoms with Gasteiger partial charge < -0.3 is 4.74 Å². The van der Waals surface area contributed by atoms with Crippen molar-refractivity contribution in [3.05, 3.63) is 55.4 Å². The highest BCUT2D eigenvalue weighted by atomic mass is 79.9. The quantitative estimate of drug-likeness (QED) is 0.425. The van der Waals surface area contributed by atoms with Crippen LogP contribution in [0.25, 0.3) is 0 Å². The number of benzene rings is 2. The fraction of sp³-hybridized carbons (Fsp3) is 0.118.